The normalized spacial score (nSPS) is 12.3. The average molecular weight is 291 g/mol. The third-order valence-electron chi connectivity index (χ3n) is 2.91. The predicted octanol–water partition coefficient (Wildman–Crippen LogP) is 1.72. The highest BCUT2D eigenvalue weighted by Gasteiger charge is 2.20. The molecule has 5 nitrogen and oxygen atoms in total. The van der Waals surface area contributed by atoms with Crippen molar-refractivity contribution in [3.05, 3.63) is 30.3 Å². The van der Waals surface area contributed by atoms with E-state index in [2.05, 4.69) is 24.5 Å². The standard InChI is InChI=1S/C16H25N3O2/c1-12(2)10-14(11-19(3)4)18-16(21)15(20)17-13-8-6-5-7-9-13/h5-9,12,14H,10-11H2,1-4H3,(H,17,20)(H,18,21)/t14-/m1/s1. The predicted molar refractivity (Wildman–Crippen MR) is 85.0 cm³/mol. The molecule has 1 atom stereocenters. The van der Waals surface area contributed by atoms with Gasteiger partial charge < -0.3 is 15.5 Å². The van der Waals surface area contributed by atoms with Crippen LogP contribution in [0.5, 0.6) is 0 Å². The molecule has 1 aromatic carbocycles. The van der Waals surface area contributed by atoms with Crippen LogP contribution in [-0.4, -0.2) is 43.4 Å². The number of likely N-dealkylation sites (N-methyl/N-ethyl adjacent to an activating group) is 1. The molecule has 2 amide bonds. The number of nitrogens with zero attached hydrogens (tertiary/aromatic N) is 1. The van der Waals surface area contributed by atoms with Gasteiger partial charge in [-0.25, -0.2) is 0 Å². The molecule has 0 bridgehead atoms. The number of carbonyl (C=O) groups is 2. The van der Waals surface area contributed by atoms with Crippen LogP contribution >= 0.6 is 0 Å². The molecule has 21 heavy (non-hydrogen) atoms. The maximum atomic E-state index is 12.0. The van der Waals surface area contributed by atoms with Gasteiger partial charge in [0.05, 0.1) is 0 Å². The zero-order valence-electron chi connectivity index (χ0n) is 13.2. The number of hydrogen-bond acceptors (Lipinski definition) is 3. The van der Waals surface area contributed by atoms with Gasteiger partial charge >= 0.3 is 11.8 Å². The Morgan fingerprint density at radius 3 is 2.24 bits per heavy atom. The smallest absolute Gasteiger partial charge is 0.313 e. The molecule has 0 aliphatic rings. The second-order valence-electron chi connectivity index (χ2n) is 5.88. The van der Waals surface area contributed by atoms with Gasteiger partial charge in [0.15, 0.2) is 0 Å². The van der Waals surface area contributed by atoms with Crippen LogP contribution in [0.15, 0.2) is 30.3 Å². The Bertz CT molecular complexity index is 448. The molecule has 1 aromatic rings. The van der Waals surface area contributed by atoms with Crippen LogP contribution in [-0.2, 0) is 9.59 Å². The van der Waals surface area contributed by atoms with Gasteiger partial charge in [0.2, 0.25) is 0 Å². The van der Waals surface area contributed by atoms with Gasteiger partial charge in [-0.3, -0.25) is 9.59 Å². The summed E-state index contributed by atoms with van der Waals surface area (Å²) >= 11 is 0. The fraction of sp³-hybridized carbons (Fsp3) is 0.500. The molecular weight excluding hydrogens is 266 g/mol. The van der Waals surface area contributed by atoms with Crippen molar-refractivity contribution in [2.45, 2.75) is 26.3 Å². The van der Waals surface area contributed by atoms with Gasteiger partial charge in [-0.15, -0.1) is 0 Å². The fourth-order valence-corrected chi connectivity index (χ4v) is 2.15. The lowest BCUT2D eigenvalue weighted by atomic mass is 10.0. The Morgan fingerprint density at radius 1 is 1.10 bits per heavy atom. The lowest BCUT2D eigenvalue weighted by Crippen LogP contribution is -2.46. The van der Waals surface area contributed by atoms with Crippen LogP contribution in [0.1, 0.15) is 20.3 Å². The Labute approximate surface area is 126 Å². The van der Waals surface area contributed by atoms with Crippen molar-refractivity contribution < 1.29 is 9.59 Å². The Balaban J connectivity index is 2.57. The van der Waals surface area contributed by atoms with Crippen molar-refractivity contribution in [3.63, 3.8) is 0 Å². The third-order valence-corrected chi connectivity index (χ3v) is 2.91. The van der Waals surface area contributed by atoms with E-state index >= 15 is 0 Å². The summed E-state index contributed by atoms with van der Waals surface area (Å²) in [6.45, 7) is 4.90. The first-order chi connectivity index (χ1) is 9.88. The average Bonchev–Trinajstić information content (AvgIpc) is 2.38. The second kappa shape index (κ2) is 8.42. The fourth-order valence-electron chi connectivity index (χ4n) is 2.15. The SMILES string of the molecule is CC(C)C[C@H](CN(C)C)NC(=O)C(=O)Nc1ccccc1. The lowest BCUT2D eigenvalue weighted by Gasteiger charge is -2.23. The van der Waals surface area contributed by atoms with E-state index in [1.165, 1.54) is 0 Å². The van der Waals surface area contributed by atoms with Gasteiger partial charge in [-0.1, -0.05) is 32.0 Å². The highest BCUT2D eigenvalue weighted by molar-refractivity contribution is 6.39. The van der Waals surface area contributed by atoms with Crippen molar-refractivity contribution in [3.8, 4) is 0 Å². The van der Waals surface area contributed by atoms with E-state index in [-0.39, 0.29) is 6.04 Å². The molecule has 1 rings (SSSR count). The molecule has 0 heterocycles. The Hall–Kier alpha value is -1.88. The molecule has 116 valence electrons. The monoisotopic (exact) mass is 291 g/mol. The summed E-state index contributed by atoms with van der Waals surface area (Å²) in [7, 11) is 3.90. The van der Waals surface area contributed by atoms with E-state index in [4.69, 9.17) is 0 Å². The molecule has 2 N–H and O–H groups in total. The van der Waals surface area contributed by atoms with Gasteiger partial charge in [-0.2, -0.15) is 0 Å². The highest BCUT2D eigenvalue weighted by atomic mass is 16.2. The molecule has 5 heteroatoms. The van der Waals surface area contributed by atoms with Crippen LogP contribution < -0.4 is 10.6 Å². The van der Waals surface area contributed by atoms with E-state index in [9.17, 15) is 9.59 Å². The first kappa shape index (κ1) is 17.2. The number of para-hydroxylation sites is 1. The number of benzene rings is 1. The summed E-state index contributed by atoms with van der Waals surface area (Å²) in [5.41, 5.74) is 0.616. The summed E-state index contributed by atoms with van der Waals surface area (Å²) in [5.74, 6) is -0.771. The van der Waals surface area contributed by atoms with Crippen LogP contribution in [0.4, 0.5) is 5.69 Å². The highest BCUT2D eigenvalue weighted by Crippen LogP contribution is 2.07. The van der Waals surface area contributed by atoms with E-state index in [0.717, 1.165) is 6.42 Å². The van der Waals surface area contributed by atoms with Gasteiger partial charge in [-0.05, 0) is 38.6 Å². The zero-order valence-corrected chi connectivity index (χ0v) is 13.2. The van der Waals surface area contributed by atoms with Crippen molar-refractivity contribution in [1.29, 1.82) is 0 Å². The van der Waals surface area contributed by atoms with E-state index in [1.54, 1.807) is 24.3 Å². The maximum absolute atomic E-state index is 12.0. The quantitative estimate of drug-likeness (QED) is 0.785. The van der Waals surface area contributed by atoms with Gasteiger partial charge in [0, 0.05) is 18.3 Å². The van der Waals surface area contributed by atoms with Crippen LogP contribution in [0.3, 0.4) is 0 Å². The molecule has 0 aromatic heterocycles. The number of nitrogens with one attached hydrogen (secondary N) is 2. The minimum absolute atomic E-state index is 0.0333. The minimum Gasteiger partial charge on any atom is -0.344 e. The van der Waals surface area contributed by atoms with E-state index in [1.807, 2.05) is 25.1 Å². The first-order valence-corrected chi connectivity index (χ1v) is 7.20. The van der Waals surface area contributed by atoms with Gasteiger partial charge in [0.25, 0.3) is 0 Å². The van der Waals surface area contributed by atoms with Crippen LogP contribution in [0.2, 0.25) is 0 Å². The Morgan fingerprint density at radius 2 is 1.71 bits per heavy atom. The molecule has 0 aliphatic carbocycles. The maximum Gasteiger partial charge on any atom is 0.313 e. The molecule has 0 spiro atoms. The summed E-state index contributed by atoms with van der Waals surface area (Å²) < 4.78 is 0. The van der Waals surface area contributed by atoms with Crippen molar-refractivity contribution in [2.75, 3.05) is 26.0 Å². The number of hydrogen-bond donors (Lipinski definition) is 2. The molecule has 0 fully saturated rings. The Kier molecular flexibility index (Phi) is 6.88. The number of rotatable bonds is 6. The molecule has 0 radical (unpaired) electrons. The topological polar surface area (TPSA) is 61.4 Å². The molecular formula is C16H25N3O2. The van der Waals surface area contributed by atoms with Crippen molar-refractivity contribution >= 4 is 17.5 Å². The third kappa shape index (κ3) is 6.90. The molecule has 0 aliphatic heterocycles. The van der Waals surface area contributed by atoms with Crippen molar-refractivity contribution in [2.24, 2.45) is 5.92 Å². The van der Waals surface area contributed by atoms with Crippen LogP contribution in [0.25, 0.3) is 0 Å². The van der Waals surface area contributed by atoms with Crippen LogP contribution in [0, 0.1) is 5.92 Å². The summed E-state index contributed by atoms with van der Waals surface area (Å²) in [5, 5.41) is 5.40. The minimum atomic E-state index is -0.631. The number of amides is 2. The molecule has 0 saturated heterocycles. The number of carbonyl (C=O) groups excluding carboxylic acids is 2. The van der Waals surface area contributed by atoms with Gasteiger partial charge in [0.1, 0.15) is 0 Å². The first-order valence-electron chi connectivity index (χ1n) is 7.20. The zero-order chi connectivity index (χ0) is 15.8. The summed E-state index contributed by atoms with van der Waals surface area (Å²) in [6.07, 6.45) is 0.836. The van der Waals surface area contributed by atoms with E-state index in [0.29, 0.717) is 18.2 Å². The largest absolute Gasteiger partial charge is 0.344 e. The summed E-state index contributed by atoms with van der Waals surface area (Å²) in [6, 6.07) is 8.93. The molecule has 0 saturated carbocycles. The van der Waals surface area contributed by atoms with Crippen molar-refractivity contribution in [1.82, 2.24) is 10.2 Å². The summed E-state index contributed by atoms with van der Waals surface area (Å²) in [4.78, 5) is 25.9. The second-order valence-corrected chi connectivity index (χ2v) is 5.88. The molecule has 0 unspecified atom stereocenters. The van der Waals surface area contributed by atoms with E-state index < -0.39 is 11.8 Å². The lowest BCUT2D eigenvalue weighted by molar-refractivity contribution is -0.136. The number of anilines is 1.